The van der Waals surface area contributed by atoms with Gasteiger partial charge in [0.2, 0.25) is 0 Å². The maximum atomic E-state index is 12.3. The van der Waals surface area contributed by atoms with Crippen LogP contribution in [0.15, 0.2) is 30.3 Å². The van der Waals surface area contributed by atoms with E-state index in [9.17, 15) is 27.3 Å². The van der Waals surface area contributed by atoms with Gasteiger partial charge in [-0.2, -0.15) is 13.2 Å². The molecule has 162 valence electrons. The van der Waals surface area contributed by atoms with Gasteiger partial charge in [0.05, 0.1) is 13.2 Å². The molecule has 1 rings (SSSR count). The van der Waals surface area contributed by atoms with Gasteiger partial charge in [0.1, 0.15) is 6.61 Å². The molecule has 2 atom stereocenters. The summed E-state index contributed by atoms with van der Waals surface area (Å²) in [4.78, 5) is 23.6. The summed E-state index contributed by atoms with van der Waals surface area (Å²) in [6.45, 7) is 0.831. The number of esters is 1. The van der Waals surface area contributed by atoms with Crippen LogP contribution in [0.1, 0.15) is 19.4 Å². The Morgan fingerprint density at radius 3 is 2.45 bits per heavy atom. The number of carbonyl (C=O) groups is 2. The van der Waals surface area contributed by atoms with E-state index in [4.69, 9.17) is 9.47 Å². The van der Waals surface area contributed by atoms with Gasteiger partial charge < -0.3 is 14.8 Å². The van der Waals surface area contributed by atoms with Crippen LogP contribution < -0.4 is 5.32 Å². The second-order valence-corrected chi connectivity index (χ2v) is 6.95. The fourth-order valence-corrected chi connectivity index (χ4v) is 3.10. The van der Waals surface area contributed by atoms with Gasteiger partial charge in [-0.3, -0.25) is 4.79 Å². The molecule has 0 fully saturated rings. The van der Waals surface area contributed by atoms with Crippen LogP contribution in [-0.2, 0) is 30.0 Å². The third-order valence-corrected chi connectivity index (χ3v) is 4.76. The minimum atomic E-state index is -4.68. The van der Waals surface area contributed by atoms with E-state index >= 15 is 0 Å². The van der Waals surface area contributed by atoms with Crippen molar-refractivity contribution in [2.24, 2.45) is 0 Å². The molecule has 1 amide bonds. The fraction of sp³-hybridized carbons (Fsp3) is 0.529. The number of carbonyl (C=O) groups excluding carboxylic acids is 2. The molecular weight excluding hydrogens is 416 g/mol. The molecule has 0 radical (unpaired) electrons. The number of halogens is 3. The zero-order chi connectivity index (χ0) is 21.9. The van der Waals surface area contributed by atoms with Crippen LogP contribution in [0, 0.1) is 0 Å². The molecule has 0 aliphatic carbocycles. The molecule has 0 bridgehead atoms. The standard InChI is InChI=1S/C17H22F3N2O6P/c1-3-26-15(23)13(2)22(29(25)28-12-17(18,19)20)10-9-21-16(24)27-11-14-7-5-4-6-8-14/h4-8,13H,3,9-12H2,1-2H3/p+1/t13-/m0/s1. The van der Waals surface area contributed by atoms with Crippen molar-refractivity contribution in [2.75, 3.05) is 26.3 Å². The number of nitrogens with one attached hydrogen (secondary N) is 1. The van der Waals surface area contributed by atoms with E-state index in [-0.39, 0.29) is 26.3 Å². The van der Waals surface area contributed by atoms with Gasteiger partial charge in [0.15, 0.2) is 12.6 Å². The highest BCUT2D eigenvalue weighted by Crippen LogP contribution is 2.33. The van der Waals surface area contributed by atoms with Crippen molar-refractivity contribution in [1.82, 2.24) is 9.99 Å². The molecule has 29 heavy (non-hydrogen) atoms. The van der Waals surface area contributed by atoms with E-state index in [1.165, 1.54) is 6.92 Å². The summed E-state index contributed by atoms with van der Waals surface area (Å²) in [6.07, 6.45) is -5.45. The summed E-state index contributed by atoms with van der Waals surface area (Å²) in [5.74, 6) is -0.780. The smallest absolute Gasteiger partial charge is 0.465 e. The van der Waals surface area contributed by atoms with Crippen molar-refractivity contribution in [3.8, 4) is 0 Å². The van der Waals surface area contributed by atoms with Crippen molar-refractivity contribution in [3.05, 3.63) is 35.9 Å². The van der Waals surface area contributed by atoms with Crippen molar-refractivity contribution in [2.45, 2.75) is 32.7 Å². The van der Waals surface area contributed by atoms with Crippen LogP contribution in [0.2, 0.25) is 0 Å². The lowest BCUT2D eigenvalue weighted by atomic mass is 10.2. The summed E-state index contributed by atoms with van der Waals surface area (Å²) >= 11 is 0. The van der Waals surface area contributed by atoms with Gasteiger partial charge in [-0.15, -0.1) is 4.52 Å². The fourth-order valence-electron chi connectivity index (χ4n) is 2.05. The third kappa shape index (κ3) is 10.2. The van der Waals surface area contributed by atoms with Crippen LogP contribution in [0.25, 0.3) is 0 Å². The van der Waals surface area contributed by atoms with E-state index in [1.807, 2.05) is 6.07 Å². The molecular formula is C17H23F3N2O6P+. The maximum Gasteiger partial charge on any atom is 0.617 e. The monoisotopic (exact) mass is 439 g/mol. The molecule has 12 heteroatoms. The second-order valence-electron chi connectivity index (χ2n) is 5.71. The molecule has 0 spiro atoms. The predicted octanol–water partition coefficient (Wildman–Crippen LogP) is 3.40. The Bertz CT molecular complexity index is 675. The predicted molar refractivity (Wildman–Crippen MR) is 97.0 cm³/mol. The first-order chi connectivity index (χ1) is 13.6. The number of alkyl halides is 3. The number of hydrogen-bond donors (Lipinski definition) is 1. The summed E-state index contributed by atoms with van der Waals surface area (Å²) < 4.78 is 64.1. The summed E-state index contributed by atoms with van der Waals surface area (Å²) in [5, 5.41) is 2.38. The van der Waals surface area contributed by atoms with Gasteiger partial charge in [0.25, 0.3) is 0 Å². The highest BCUT2D eigenvalue weighted by molar-refractivity contribution is 7.36. The number of rotatable bonds is 11. The molecule has 0 saturated heterocycles. The molecule has 0 aromatic heterocycles. The van der Waals surface area contributed by atoms with E-state index in [0.717, 1.165) is 10.2 Å². The minimum Gasteiger partial charge on any atom is -0.465 e. The Balaban J connectivity index is 2.57. The van der Waals surface area contributed by atoms with Gasteiger partial charge in [0, 0.05) is 6.54 Å². The lowest BCUT2D eigenvalue weighted by molar-refractivity contribution is -0.154. The average Bonchev–Trinajstić information content (AvgIpc) is 2.67. The second kappa shape index (κ2) is 12.4. The molecule has 1 N–H and O–H groups in total. The maximum absolute atomic E-state index is 12.3. The quantitative estimate of drug-likeness (QED) is 0.417. The highest BCUT2D eigenvalue weighted by Gasteiger charge is 2.42. The zero-order valence-electron chi connectivity index (χ0n) is 16.0. The van der Waals surface area contributed by atoms with Crippen LogP contribution in [0.4, 0.5) is 18.0 Å². The zero-order valence-corrected chi connectivity index (χ0v) is 16.9. The SMILES string of the molecule is CCOC(=O)[C@H](C)N(CCNC(=O)OCc1ccccc1)[P+](=O)OCC(F)(F)F. The van der Waals surface area contributed by atoms with Crippen molar-refractivity contribution >= 4 is 20.2 Å². The summed E-state index contributed by atoms with van der Waals surface area (Å²) in [5.41, 5.74) is 0.767. The molecule has 0 heterocycles. The molecule has 8 nitrogen and oxygen atoms in total. The molecule has 0 aliphatic heterocycles. The highest BCUT2D eigenvalue weighted by atomic mass is 31.1. The van der Waals surface area contributed by atoms with Crippen LogP contribution in [0.3, 0.4) is 0 Å². The first-order valence-corrected chi connectivity index (χ1v) is 9.81. The Morgan fingerprint density at radius 1 is 1.21 bits per heavy atom. The van der Waals surface area contributed by atoms with Gasteiger partial charge >= 0.3 is 26.4 Å². The molecule has 0 saturated carbocycles. The summed E-state index contributed by atoms with van der Waals surface area (Å²) in [6, 6.07) is 7.75. The Kier molecular flexibility index (Phi) is 10.6. The van der Waals surface area contributed by atoms with Crippen molar-refractivity contribution in [3.63, 3.8) is 0 Å². The average molecular weight is 439 g/mol. The van der Waals surface area contributed by atoms with Gasteiger partial charge in [-0.25, -0.2) is 4.79 Å². The minimum absolute atomic E-state index is 0.0264. The normalized spacial score (nSPS) is 13.0. The van der Waals surface area contributed by atoms with Gasteiger partial charge in [-0.1, -0.05) is 35.0 Å². The molecule has 0 aliphatic rings. The largest absolute Gasteiger partial charge is 0.617 e. The van der Waals surface area contributed by atoms with E-state index in [1.54, 1.807) is 31.2 Å². The molecule has 1 unspecified atom stereocenters. The molecule has 1 aromatic carbocycles. The van der Waals surface area contributed by atoms with Crippen LogP contribution >= 0.6 is 8.18 Å². The number of amides is 1. The van der Waals surface area contributed by atoms with E-state index < -0.39 is 39.1 Å². The third-order valence-electron chi connectivity index (χ3n) is 3.45. The van der Waals surface area contributed by atoms with E-state index in [0.29, 0.717) is 0 Å². The first kappa shape index (κ1) is 24.8. The van der Waals surface area contributed by atoms with Crippen LogP contribution in [0.5, 0.6) is 0 Å². The summed E-state index contributed by atoms with van der Waals surface area (Å²) in [7, 11) is -3.00. The molecule has 1 aromatic rings. The lowest BCUT2D eigenvalue weighted by Crippen LogP contribution is -2.41. The number of nitrogens with zero attached hydrogens (tertiary/aromatic N) is 1. The topological polar surface area (TPSA) is 94.2 Å². The first-order valence-electron chi connectivity index (χ1n) is 8.68. The lowest BCUT2D eigenvalue weighted by Gasteiger charge is -2.17. The number of ether oxygens (including phenoxy) is 2. The number of alkyl carbamates (subject to hydrolysis) is 1. The Morgan fingerprint density at radius 2 is 1.86 bits per heavy atom. The Labute approximate surface area is 167 Å². The van der Waals surface area contributed by atoms with Crippen molar-refractivity contribution < 1.29 is 41.3 Å². The Hall–Kier alpha value is -2.23. The number of benzene rings is 1. The number of hydrogen-bond acceptors (Lipinski definition) is 6. The van der Waals surface area contributed by atoms with E-state index in [2.05, 4.69) is 9.84 Å². The van der Waals surface area contributed by atoms with Crippen molar-refractivity contribution in [1.29, 1.82) is 0 Å². The van der Waals surface area contributed by atoms with Gasteiger partial charge in [-0.05, 0) is 24.0 Å². The van der Waals surface area contributed by atoms with Crippen LogP contribution in [-0.4, -0.2) is 55.3 Å².